The molecule has 1 aliphatic rings. The number of aromatic amines is 1. The number of H-pyrrole nitrogens is 1. The van der Waals surface area contributed by atoms with Crippen molar-refractivity contribution in [2.24, 2.45) is 0 Å². The molecule has 0 aliphatic carbocycles. The predicted octanol–water partition coefficient (Wildman–Crippen LogP) is 3.17. The Bertz CT molecular complexity index is 864. The van der Waals surface area contributed by atoms with E-state index in [0.29, 0.717) is 0 Å². The fourth-order valence-electron chi connectivity index (χ4n) is 3.58. The van der Waals surface area contributed by atoms with Gasteiger partial charge in [-0.3, -0.25) is 4.90 Å². The Morgan fingerprint density at radius 2 is 2.24 bits per heavy atom. The van der Waals surface area contributed by atoms with Gasteiger partial charge in [0.1, 0.15) is 11.5 Å². The molecule has 3 aromatic rings. The van der Waals surface area contributed by atoms with Gasteiger partial charge in [-0.05, 0) is 31.5 Å². The minimum Gasteiger partial charge on any atom is -0.497 e. The molecule has 25 heavy (non-hydrogen) atoms. The van der Waals surface area contributed by atoms with Crippen molar-refractivity contribution in [3.05, 3.63) is 64.6 Å². The molecule has 0 bridgehead atoms. The molecule has 2 aromatic heterocycles. The predicted molar refractivity (Wildman–Crippen MR) is 93.5 cm³/mol. The highest BCUT2D eigenvalue weighted by Gasteiger charge is 2.30. The van der Waals surface area contributed by atoms with Crippen molar-refractivity contribution < 1.29 is 9.26 Å². The third-order valence-corrected chi connectivity index (χ3v) is 4.96. The average molecular weight is 338 g/mol. The summed E-state index contributed by atoms with van der Waals surface area (Å²) in [5, 5.41) is 4.08. The molecule has 1 N–H and O–H groups in total. The zero-order chi connectivity index (χ0) is 17.4. The van der Waals surface area contributed by atoms with E-state index in [4.69, 9.17) is 9.26 Å². The monoisotopic (exact) mass is 338 g/mol. The number of aromatic nitrogens is 3. The van der Waals surface area contributed by atoms with E-state index in [0.717, 1.165) is 42.5 Å². The van der Waals surface area contributed by atoms with E-state index < -0.39 is 0 Å². The highest BCUT2D eigenvalue weighted by molar-refractivity contribution is 5.38. The molecular formula is C19H22N4O2. The summed E-state index contributed by atoms with van der Waals surface area (Å²) in [6, 6.07) is 8.25. The van der Waals surface area contributed by atoms with Crippen molar-refractivity contribution in [1.29, 1.82) is 0 Å². The van der Waals surface area contributed by atoms with Crippen LogP contribution >= 0.6 is 0 Å². The number of aryl methyl sites for hydroxylation is 2. The van der Waals surface area contributed by atoms with E-state index in [1.807, 2.05) is 26.0 Å². The lowest BCUT2D eigenvalue weighted by atomic mass is 9.90. The lowest BCUT2D eigenvalue weighted by Crippen LogP contribution is -2.34. The molecule has 0 radical (unpaired) electrons. The van der Waals surface area contributed by atoms with Crippen LogP contribution < -0.4 is 4.74 Å². The second-order valence-corrected chi connectivity index (χ2v) is 6.57. The summed E-state index contributed by atoms with van der Waals surface area (Å²) < 4.78 is 10.7. The number of hydrogen-bond acceptors (Lipinski definition) is 5. The van der Waals surface area contributed by atoms with E-state index in [9.17, 15) is 0 Å². The number of methoxy groups -OCH3 is 1. The van der Waals surface area contributed by atoms with Crippen LogP contribution in [0.15, 0.2) is 35.1 Å². The number of rotatable bonds is 4. The van der Waals surface area contributed by atoms with Crippen LogP contribution in [0.4, 0.5) is 0 Å². The molecule has 0 amide bonds. The average Bonchev–Trinajstić information content (AvgIpc) is 3.23. The zero-order valence-electron chi connectivity index (χ0n) is 14.7. The number of nitrogens with zero attached hydrogens (tertiary/aromatic N) is 3. The molecule has 1 unspecified atom stereocenters. The molecule has 4 rings (SSSR count). The summed E-state index contributed by atoms with van der Waals surface area (Å²) in [5.74, 6) is 1.98. The number of benzene rings is 1. The summed E-state index contributed by atoms with van der Waals surface area (Å²) in [6.45, 7) is 6.53. The van der Waals surface area contributed by atoms with E-state index in [-0.39, 0.29) is 5.92 Å². The molecule has 0 spiro atoms. The number of hydrogen-bond donors (Lipinski definition) is 1. The fraction of sp³-hybridized carbons (Fsp3) is 0.368. The second kappa shape index (κ2) is 6.37. The molecule has 0 saturated heterocycles. The highest BCUT2D eigenvalue weighted by Crippen LogP contribution is 2.34. The minimum atomic E-state index is 0.213. The normalized spacial score (nSPS) is 17.5. The number of ether oxygens (including phenoxy) is 1. The molecule has 0 fully saturated rings. The standard InChI is InChI=1S/C19H22N4O2/c1-12-16(13(2)25-22-12)8-23-9-17(19-18(10-23)20-11-21-19)14-5-4-6-15(7-14)24-3/h4-7,11,17H,8-10H2,1-3H3,(H,20,21). The van der Waals surface area contributed by atoms with Crippen molar-refractivity contribution in [2.75, 3.05) is 13.7 Å². The van der Waals surface area contributed by atoms with Crippen LogP contribution in [0.1, 0.15) is 39.9 Å². The lowest BCUT2D eigenvalue weighted by molar-refractivity contribution is 0.226. The molecule has 0 saturated carbocycles. The zero-order valence-corrected chi connectivity index (χ0v) is 14.7. The molecule has 1 atom stereocenters. The third-order valence-electron chi connectivity index (χ3n) is 4.96. The maximum atomic E-state index is 5.40. The Labute approximate surface area is 146 Å². The van der Waals surface area contributed by atoms with Crippen LogP contribution in [0.25, 0.3) is 0 Å². The molecule has 3 heterocycles. The Hall–Kier alpha value is -2.60. The fourth-order valence-corrected chi connectivity index (χ4v) is 3.58. The van der Waals surface area contributed by atoms with Crippen molar-refractivity contribution in [2.45, 2.75) is 32.9 Å². The second-order valence-electron chi connectivity index (χ2n) is 6.57. The van der Waals surface area contributed by atoms with Gasteiger partial charge in [0.2, 0.25) is 0 Å². The maximum absolute atomic E-state index is 5.40. The number of imidazole rings is 1. The van der Waals surface area contributed by atoms with Crippen molar-refractivity contribution in [3.8, 4) is 5.75 Å². The number of nitrogens with one attached hydrogen (secondary N) is 1. The third kappa shape index (κ3) is 2.93. The van der Waals surface area contributed by atoms with Crippen LogP contribution in [0, 0.1) is 13.8 Å². The molecule has 130 valence electrons. The molecule has 6 nitrogen and oxygen atoms in total. The van der Waals surface area contributed by atoms with Crippen LogP contribution in [-0.4, -0.2) is 33.7 Å². The van der Waals surface area contributed by atoms with Gasteiger partial charge in [-0.15, -0.1) is 0 Å². The van der Waals surface area contributed by atoms with Gasteiger partial charge in [-0.2, -0.15) is 0 Å². The molecule has 1 aliphatic heterocycles. The first-order chi connectivity index (χ1) is 12.2. The van der Waals surface area contributed by atoms with Crippen molar-refractivity contribution >= 4 is 0 Å². The van der Waals surface area contributed by atoms with E-state index in [1.54, 1.807) is 13.4 Å². The van der Waals surface area contributed by atoms with Gasteiger partial charge in [-0.25, -0.2) is 4.98 Å². The summed E-state index contributed by atoms with van der Waals surface area (Å²) in [6.07, 6.45) is 1.79. The lowest BCUT2D eigenvalue weighted by Gasteiger charge is -2.32. The van der Waals surface area contributed by atoms with Crippen LogP contribution in [0.2, 0.25) is 0 Å². The molecular weight excluding hydrogens is 316 g/mol. The van der Waals surface area contributed by atoms with Gasteiger partial charge < -0.3 is 14.2 Å². The van der Waals surface area contributed by atoms with Crippen LogP contribution in [0.5, 0.6) is 5.75 Å². The van der Waals surface area contributed by atoms with Crippen LogP contribution in [-0.2, 0) is 13.1 Å². The first-order valence-electron chi connectivity index (χ1n) is 8.46. The largest absolute Gasteiger partial charge is 0.497 e. The SMILES string of the molecule is COc1cccc(C2CN(Cc3c(C)noc3C)Cc3[nH]cnc32)c1. The van der Waals surface area contributed by atoms with E-state index >= 15 is 0 Å². The van der Waals surface area contributed by atoms with Gasteiger partial charge in [0.15, 0.2) is 0 Å². The summed E-state index contributed by atoms with van der Waals surface area (Å²) >= 11 is 0. The quantitative estimate of drug-likeness (QED) is 0.791. The van der Waals surface area contributed by atoms with Crippen molar-refractivity contribution in [1.82, 2.24) is 20.0 Å². The summed E-state index contributed by atoms with van der Waals surface area (Å²) in [4.78, 5) is 10.3. The van der Waals surface area contributed by atoms with E-state index in [1.165, 1.54) is 16.8 Å². The van der Waals surface area contributed by atoms with Crippen molar-refractivity contribution in [3.63, 3.8) is 0 Å². The topological polar surface area (TPSA) is 67.2 Å². The van der Waals surface area contributed by atoms with Gasteiger partial charge in [-0.1, -0.05) is 17.3 Å². The Balaban J connectivity index is 1.65. The highest BCUT2D eigenvalue weighted by atomic mass is 16.5. The first kappa shape index (κ1) is 15.9. The van der Waals surface area contributed by atoms with Gasteiger partial charge >= 0.3 is 0 Å². The first-order valence-corrected chi connectivity index (χ1v) is 8.46. The summed E-state index contributed by atoms with van der Waals surface area (Å²) in [7, 11) is 1.70. The summed E-state index contributed by atoms with van der Waals surface area (Å²) in [5.41, 5.74) is 5.66. The Morgan fingerprint density at radius 3 is 3.00 bits per heavy atom. The smallest absolute Gasteiger partial charge is 0.138 e. The Morgan fingerprint density at radius 1 is 1.36 bits per heavy atom. The molecule has 6 heteroatoms. The minimum absolute atomic E-state index is 0.213. The Kier molecular flexibility index (Phi) is 4.05. The van der Waals surface area contributed by atoms with Gasteiger partial charge in [0.25, 0.3) is 0 Å². The number of fused-ring (bicyclic) bond motifs is 1. The van der Waals surface area contributed by atoms with Gasteiger partial charge in [0, 0.05) is 31.1 Å². The maximum Gasteiger partial charge on any atom is 0.138 e. The van der Waals surface area contributed by atoms with Crippen LogP contribution in [0.3, 0.4) is 0 Å². The van der Waals surface area contributed by atoms with Gasteiger partial charge in [0.05, 0.1) is 30.5 Å². The van der Waals surface area contributed by atoms with E-state index in [2.05, 4.69) is 32.2 Å². The molecule has 1 aromatic carbocycles.